The highest BCUT2D eigenvalue weighted by atomic mass is 32.1. The Hall–Kier alpha value is -2.47. The number of hydrogen-bond donors (Lipinski definition) is 0. The Morgan fingerprint density at radius 2 is 1.92 bits per heavy atom. The number of allylic oxidation sites excluding steroid dienone is 3. The maximum absolute atomic E-state index is 11.7. The summed E-state index contributed by atoms with van der Waals surface area (Å²) in [5.74, 6) is 0.593. The van der Waals surface area contributed by atoms with Crippen LogP contribution in [-0.2, 0) is 6.42 Å². The molecule has 0 saturated carbocycles. The third kappa shape index (κ3) is 6.44. The fourth-order valence-electron chi connectivity index (χ4n) is 2.23. The highest BCUT2D eigenvalue weighted by Crippen LogP contribution is 2.18. The van der Waals surface area contributed by atoms with Crippen molar-refractivity contribution in [3.8, 4) is 11.8 Å². The summed E-state index contributed by atoms with van der Waals surface area (Å²) in [6, 6.07) is 3.69. The van der Waals surface area contributed by atoms with Gasteiger partial charge in [0, 0.05) is 19.8 Å². The van der Waals surface area contributed by atoms with Crippen LogP contribution < -0.4 is 9.47 Å². The lowest BCUT2D eigenvalue weighted by Crippen LogP contribution is -2.09. The highest BCUT2D eigenvalue weighted by Gasteiger charge is 2.11. The largest absolute Gasteiger partial charge is 0.477 e. The van der Waals surface area contributed by atoms with Gasteiger partial charge in [0.15, 0.2) is 5.78 Å². The number of thiophene rings is 1. The normalized spacial score (nSPS) is 11.7. The van der Waals surface area contributed by atoms with Crippen molar-refractivity contribution in [1.29, 1.82) is 0 Å². The van der Waals surface area contributed by atoms with Gasteiger partial charge >= 0.3 is 0 Å². The molecule has 0 unspecified atom stereocenters. The minimum absolute atomic E-state index is 0.104. The van der Waals surface area contributed by atoms with Gasteiger partial charge in [0.25, 0.3) is 0 Å². The molecule has 5 nitrogen and oxygen atoms in total. The smallest absolute Gasteiger partial charge is 0.220 e. The number of ketones is 1. The Balaban J connectivity index is 1.98. The van der Waals surface area contributed by atoms with Gasteiger partial charge in [-0.25, -0.2) is 0 Å². The van der Waals surface area contributed by atoms with E-state index >= 15 is 0 Å². The molecule has 2 heterocycles. The summed E-state index contributed by atoms with van der Waals surface area (Å²) in [5.41, 5.74) is 2.40. The SMILES string of the molecule is C/C=C\C(=C/C)CCOc1cc(OCCc2ccsc2)nc(C(C)=O)n1. The maximum Gasteiger partial charge on any atom is 0.220 e. The molecule has 0 saturated heterocycles. The molecule has 0 fully saturated rings. The van der Waals surface area contributed by atoms with Gasteiger partial charge in [-0.15, -0.1) is 0 Å². The molecule has 0 amide bonds. The first-order valence-corrected chi connectivity index (χ1v) is 9.51. The van der Waals surface area contributed by atoms with Gasteiger partial charge in [-0.2, -0.15) is 21.3 Å². The Bertz CT molecular complexity index is 767. The summed E-state index contributed by atoms with van der Waals surface area (Å²) in [5, 5.41) is 4.12. The number of carbonyl (C=O) groups is 1. The average molecular weight is 372 g/mol. The van der Waals surface area contributed by atoms with Crippen LogP contribution in [0.25, 0.3) is 0 Å². The van der Waals surface area contributed by atoms with Gasteiger partial charge in [0.2, 0.25) is 17.6 Å². The third-order valence-corrected chi connectivity index (χ3v) is 4.34. The van der Waals surface area contributed by atoms with Gasteiger partial charge < -0.3 is 9.47 Å². The topological polar surface area (TPSA) is 61.3 Å². The molecule has 0 spiro atoms. The monoisotopic (exact) mass is 372 g/mol. The van der Waals surface area contributed by atoms with Crippen LogP contribution in [0.15, 0.2) is 46.7 Å². The second-order valence-corrected chi connectivity index (χ2v) is 6.40. The van der Waals surface area contributed by atoms with Gasteiger partial charge in [0.1, 0.15) is 0 Å². The zero-order chi connectivity index (χ0) is 18.8. The lowest BCUT2D eigenvalue weighted by atomic mass is 10.2. The average Bonchev–Trinajstić information content (AvgIpc) is 3.14. The first-order chi connectivity index (χ1) is 12.6. The number of nitrogens with zero attached hydrogens (tertiary/aromatic N) is 2. The van der Waals surface area contributed by atoms with Crippen LogP contribution in [-0.4, -0.2) is 29.0 Å². The maximum atomic E-state index is 11.7. The van der Waals surface area contributed by atoms with Gasteiger partial charge in [-0.3, -0.25) is 4.79 Å². The van der Waals surface area contributed by atoms with Crippen molar-refractivity contribution in [1.82, 2.24) is 9.97 Å². The first kappa shape index (κ1) is 19.8. The number of Topliss-reactive ketones (excluding diaryl/α,β-unsaturated/α-hetero) is 1. The summed E-state index contributed by atoms with van der Waals surface area (Å²) >= 11 is 1.66. The molecule has 0 bridgehead atoms. The van der Waals surface area contributed by atoms with Crippen LogP contribution in [0.3, 0.4) is 0 Å². The van der Waals surface area contributed by atoms with Crippen LogP contribution in [0.5, 0.6) is 11.8 Å². The third-order valence-electron chi connectivity index (χ3n) is 3.61. The summed E-state index contributed by atoms with van der Waals surface area (Å²) in [4.78, 5) is 20.0. The molecule has 0 aliphatic rings. The Morgan fingerprint density at radius 3 is 2.50 bits per heavy atom. The second-order valence-electron chi connectivity index (χ2n) is 5.62. The Morgan fingerprint density at radius 1 is 1.19 bits per heavy atom. The van der Waals surface area contributed by atoms with E-state index in [0.29, 0.717) is 25.0 Å². The molecule has 0 radical (unpaired) electrons. The van der Waals surface area contributed by atoms with Crippen molar-refractivity contribution in [3.63, 3.8) is 0 Å². The summed E-state index contributed by atoms with van der Waals surface area (Å²) in [6.07, 6.45) is 7.63. The minimum atomic E-state index is -0.221. The molecule has 0 aromatic carbocycles. The zero-order valence-electron chi connectivity index (χ0n) is 15.4. The van der Waals surface area contributed by atoms with Crippen molar-refractivity contribution >= 4 is 17.1 Å². The van der Waals surface area contributed by atoms with E-state index in [4.69, 9.17) is 9.47 Å². The van der Waals surface area contributed by atoms with E-state index in [1.807, 2.05) is 37.5 Å². The Labute approximate surface area is 158 Å². The molecule has 0 aliphatic heterocycles. The fraction of sp³-hybridized carbons (Fsp3) is 0.350. The molecule has 0 N–H and O–H groups in total. The standard InChI is InChI=1S/C20H24N2O3S/c1-4-6-16(5-2)7-10-24-18-13-19(22-20(21-18)15(3)23)25-11-8-17-9-12-26-14-17/h4-6,9,12-14H,7-8,10-11H2,1-3H3/b6-4-,16-5+. The van der Waals surface area contributed by atoms with Crippen molar-refractivity contribution in [3.05, 3.63) is 58.1 Å². The van der Waals surface area contributed by atoms with Crippen LogP contribution in [0.2, 0.25) is 0 Å². The van der Waals surface area contributed by atoms with Crippen molar-refractivity contribution in [2.45, 2.75) is 33.6 Å². The molecule has 6 heteroatoms. The second kappa shape index (κ2) is 10.5. The van der Waals surface area contributed by atoms with E-state index in [1.54, 1.807) is 17.4 Å². The van der Waals surface area contributed by atoms with Gasteiger partial charge in [0.05, 0.1) is 19.3 Å². The number of ether oxygens (including phenoxy) is 2. The predicted octanol–water partition coefficient (Wildman–Crippen LogP) is 4.65. The van der Waals surface area contributed by atoms with E-state index in [2.05, 4.69) is 21.4 Å². The summed E-state index contributed by atoms with van der Waals surface area (Å²) in [6.45, 7) is 6.35. The molecular weight excluding hydrogens is 348 g/mol. The van der Waals surface area contributed by atoms with E-state index in [0.717, 1.165) is 12.8 Å². The molecule has 0 aliphatic carbocycles. The molecule has 138 valence electrons. The lowest BCUT2D eigenvalue weighted by molar-refractivity contribution is 0.100. The van der Waals surface area contributed by atoms with E-state index in [9.17, 15) is 4.79 Å². The number of carbonyl (C=O) groups excluding carboxylic acids is 1. The molecule has 2 aromatic rings. The quantitative estimate of drug-likeness (QED) is 0.449. The van der Waals surface area contributed by atoms with Crippen LogP contribution in [0.1, 0.15) is 43.4 Å². The van der Waals surface area contributed by atoms with Crippen LogP contribution >= 0.6 is 11.3 Å². The number of aromatic nitrogens is 2. The van der Waals surface area contributed by atoms with Crippen molar-refractivity contribution < 1.29 is 14.3 Å². The minimum Gasteiger partial charge on any atom is -0.477 e. The van der Waals surface area contributed by atoms with Crippen molar-refractivity contribution in [2.24, 2.45) is 0 Å². The lowest BCUT2D eigenvalue weighted by Gasteiger charge is -2.10. The van der Waals surface area contributed by atoms with E-state index < -0.39 is 0 Å². The van der Waals surface area contributed by atoms with Gasteiger partial charge in [-0.05, 0) is 41.8 Å². The zero-order valence-corrected chi connectivity index (χ0v) is 16.2. The molecule has 0 atom stereocenters. The van der Waals surface area contributed by atoms with Crippen LogP contribution in [0, 0.1) is 0 Å². The first-order valence-electron chi connectivity index (χ1n) is 8.57. The molecular formula is C20H24N2O3S. The van der Waals surface area contributed by atoms with Gasteiger partial charge in [-0.1, -0.05) is 18.2 Å². The van der Waals surface area contributed by atoms with Crippen LogP contribution in [0.4, 0.5) is 0 Å². The molecule has 2 aromatic heterocycles. The van der Waals surface area contributed by atoms with Crippen molar-refractivity contribution in [2.75, 3.05) is 13.2 Å². The number of rotatable bonds is 10. The van der Waals surface area contributed by atoms with E-state index in [1.165, 1.54) is 18.1 Å². The van der Waals surface area contributed by atoms with E-state index in [-0.39, 0.29) is 11.6 Å². The predicted molar refractivity (Wildman–Crippen MR) is 104 cm³/mol. The summed E-state index contributed by atoms with van der Waals surface area (Å²) in [7, 11) is 0. The Kier molecular flexibility index (Phi) is 8.02. The molecule has 2 rings (SSSR count). The number of hydrogen-bond acceptors (Lipinski definition) is 6. The summed E-state index contributed by atoms with van der Waals surface area (Å²) < 4.78 is 11.4. The fourth-order valence-corrected chi connectivity index (χ4v) is 2.93. The highest BCUT2D eigenvalue weighted by molar-refractivity contribution is 7.07. The molecule has 26 heavy (non-hydrogen) atoms.